The third-order valence-electron chi connectivity index (χ3n) is 3.36. The Balaban J connectivity index is 1.79. The second-order valence-electron chi connectivity index (χ2n) is 4.81. The molecule has 0 amide bonds. The number of halogens is 1. The summed E-state index contributed by atoms with van der Waals surface area (Å²) in [5.41, 5.74) is 1.76. The number of carbonyl (C=O) groups excluding carboxylic acids is 1. The third-order valence-corrected chi connectivity index (χ3v) is 4.65. The van der Waals surface area contributed by atoms with Crippen molar-refractivity contribution in [2.75, 3.05) is 11.9 Å². The number of carbonyl (C=O) groups is 1. The van der Waals surface area contributed by atoms with Crippen molar-refractivity contribution in [2.24, 2.45) is 0 Å². The van der Waals surface area contributed by atoms with Gasteiger partial charge in [0.2, 0.25) is 0 Å². The number of aryl methyl sites for hydroxylation is 1. The van der Waals surface area contributed by atoms with E-state index in [1.165, 1.54) is 0 Å². The number of ether oxygens (including phenoxy) is 1. The quantitative estimate of drug-likeness (QED) is 0.860. The van der Waals surface area contributed by atoms with Crippen LogP contribution in [0.2, 0.25) is 5.02 Å². The average Bonchev–Trinajstić information content (AvgIpc) is 2.98. The monoisotopic (exact) mass is 322 g/mol. The number of benzene rings is 1. The van der Waals surface area contributed by atoms with E-state index in [1.54, 1.807) is 11.3 Å². The Kier molecular flexibility index (Phi) is 4.12. The Labute approximate surface area is 132 Å². The van der Waals surface area contributed by atoms with E-state index in [-0.39, 0.29) is 11.9 Å². The SMILES string of the molecule is CCOC(=O)C1CCc2sc(Nc3cccc(Cl)c3)nc21. The van der Waals surface area contributed by atoms with E-state index < -0.39 is 0 Å². The predicted molar refractivity (Wildman–Crippen MR) is 84.5 cm³/mol. The lowest BCUT2D eigenvalue weighted by atomic mass is 10.1. The molecule has 0 bridgehead atoms. The van der Waals surface area contributed by atoms with E-state index in [4.69, 9.17) is 16.3 Å². The van der Waals surface area contributed by atoms with Crippen LogP contribution in [0.25, 0.3) is 0 Å². The molecule has 110 valence electrons. The van der Waals surface area contributed by atoms with Crippen LogP contribution in [0.3, 0.4) is 0 Å². The average molecular weight is 323 g/mol. The molecule has 1 aliphatic carbocycles. The summed E-state index contributed by atoms with van der Waals surface area (Å²) < 4.78 is 5.11. The molecule has 0 aliphatic heterocycles. The summed E-state index contributed by atoms with van der Waals surface area (Å²) in [5, 5.41) is 4.70. The lowest BCUT2D eigenvalue weighted by Gasteiger charge is -2.08. The molecule has 6 heteroatoms. The molecule has 1 aromatic carbocycles. The van der Waals surface area contributed by atoms with Crippen LogP contribution in [0.15, 0.2) is 24.3 Å². The predicted octanol–water partition coefficient (Wildman–Crippen LogP) is 4.13. The molecule has 1 heterocycles. The van der Waals surface area contributed by atoms with Crippen molar-refractivity contribution in [1.82, 2.24) is 4.98 Å². The second-order valence-corrected chi connectivity index (χ2v) is 6.33. The summed E-state index contributed by atoms with van der Waals surface area (Å²) in [6, 6.07) is 7.48. The number of anilines is 2. The molecule has 0 fully saturated rings. The Morgan fingerprint density at radius 3 is 3.19 bits per heavy atom. The minimum atomic E-state index is -0.217. The van der Waals surface area contributed by atoms with Gasteiger partial charge in [0.15, 0.2) is 5.13 Å². The number of nitrogens with zero attached hydrogens (tertiary/aromatic N) is 1. The smallest absolute Gasteiger partial charge is 0.315 e. The fourth-order valence-corrected chi connectivity index (χ4v) is 3.69. The lowest BCUT2D eigenvalue weighted by Crippen LogP contribution is -2.14. The van der Waals surface area contributed by atoms with Crippen molar-refractivity contribution in [3.63, 3.8) is 0 Å². The van der Waals surface area contributed by atoms with Gasteiger partial charge in [-0.3, -0.25) is 4.79 Å². The van der Waals surface area contributed by atoms with Crippen molar-refractivity contribution in [1.29, 1.82) is 0 Å². The van der Waals surface area contributed by atoms with Crippen LogP contribution in [0.5, 0.6) is 0 Å². The Bertz CT molecular complexity index is 671. The molecule has 21 heavy (non-hydrogen) atoms. The number of hydrogen-bond acceptors (Lipinski definition) is 5. The van der Waals surface area contributed by atoms with Gasteiger partial charge < -0.3 is 10.1 Å². The highest BCUT2D eigenvalue weighted by atomic mass is 35.5. The fourth-order valence-electron chi connectivity index (χ4n) is 2.44. The summed E-state index contributed by atoms with van der Waals surface area (Å²) in [5.74, 6) is -0.387. The van der Waals surface area contributed by atoms with Gasteiger partial charge in [-0.2, -0.15) is 0 Å². The van der Waals surface area contributed by atoms with E-state index >= 15 is 0 Å². The van der Waals surface area contributed by atoms with Crippen LogP contribution in [0.1, 0.15) is 29.8 Å². The van der Waals surface area contributed by atoms with Crippen molar-refractivity contribution < 1.29 is 9.53 Å². The molecule has 0 radical (unpaired) electrons. The van der Waals surface area contributed by atoms with E-state index in [9.17, 15) is 4.79 Å². The van der Waals surface area contributed by atoms with Gasteiger partial charge in [0.1, 0.15) is 5.92 Å². The largest absolute Gasteiger partial charge is 0.465 e. The Morgan fingerprint density at radius 1 is 1.57 bits per heavy atom. The zero-order valence-electron chi connectivity index (χ0n) is 11.6. The summed E-state index contributed by atoms with van der Waals surface area (Å²) in [7, 11) is 0. The van der Waals surface area contributed by atoms with Gasteiger partial charge in [-0.25, -0.2) is 4.98 Å². The number of rotatable bonds is 4. The molecule has 1 unspecified atom stereocenters. The topological polar surface area (TPSA) is 51.2 Å². The first-order chi connectivity index (χ1) is 10.2. The van der Waals surface area contributed by atoms with Crippen LogP contribution in [-0.2, 0) is 16.0 Å². The molecule has 0 saturated carbocycles. The van der Waals surface area contributed by atoms with Gasteiger partial charge in [-0.1, -0.05) is 17.7 Å². The third kappa shape index (κ3) is 3.04. The number of thiazole rings is 1. The van der Waals surface area contributed by atoms with Gasteiger partial charge in [0.25, 0.3) is 0 Å². The van der Waals surface area contributed by atoms with Crippen molar-refractivity contribution in [2.45, 2.75) is 25.7 Å². The lowest BCUT2D eigenvalue weighted by molar-refractivity contribution is -0.145. The maximum absolute atomic E-state index is 11.9. The number of aromatic nitrogens is 1. The molecule has 0 spiro atoms. The molecule has 1 atom stereocenters. The molecule has 3 rings (SSSR count). The van der Waals surface area contributed by atoms with Gasteiger partial charge in [0, 0.05) is 15.6 Å². The van der Waals surface area contributed by atoms with Crippen molar-refractivity contribution in [3.8, 4) is 0 Å². The first-order valence-corrected chi connectivity index (χ1v) is 8.05. The minimum absolute atomic E-state index is 0.171. The van der Waals surface area contributed by atoms with E-state index in [2.05, 4.69) is 10.3 Å². The maximum Gasteiger partial charge on any atom is 0.315 e. The summed E-state index contributed by atoms with van der Waals surface area (Å²) in [6.07, 6.45) is 1.68. The summed E-state index contributed by atoms with van der Waals surface area (Å²) in [6.45, 7) is 2.23. The highest BCUT2D eigenvalue weighted by Crippen LogP contribution is 2.39. The van der Waals surface area contributed by atoms with Gasteiger partial charge in [-0.05, 0) is 38.0 Å². The van der Waals surface area contributed by atoms with Crippen molar-refractivity contribution >= 4 is 39.7 Å². The van der Waals surface area contributed by atoms with Crippen LogP contribution in [0.4, 0.5) is 10.8 Å². The summed E-state index contributed by atoms with van der Waals surface area (Å²) >= 11 is 7.56. The highest BCUT2D eigenvalue weighted by Gasteiger charge is 2.33. The van der Waals surface area contributed by atoms with E-state index in [0.29, 0.717) is 11.6 Å². The van der Waals surface area contributed by atoms with Gasteiger partial charge in [-0.15, -0.1) is 11.3 Å². The van der Waals surface area contributed by atoms with Crippen LogP contribution in [-0.4, -0.2) is 17.6 Å². The Morgan fingerprint density at radius 2 is 2.43 bits per heavy atom. The van der Waals surface area contributed by atoms with E-state index in [1.807, 2.05) is 31.2 Å². The first-order valence-electron chi connectivity index (χ1n) is 6.86. The molecular formula is C15H15ClN2O2S. The zero-order chi connectivity index (χ0) is 14.8. The molecular weight excluding hydrogens is 308 g/mol. The van der Waals surface area contributed by atoms with Gasteiger partial charge in [0.05, 0.1) is 12.3 Å². The number of fused-ring (bicyclic) bond motifs is 1. The highest BCUT2D eigenvalue weighted by molar-refractivity contribution is 7.15. The standard InChI is InChI=1S/C15H15ClN2O2S/c1-2-20-14(19)11-6-7-12-13(11)18-15(21-12)17-10-5-3-4-9(16)8-10/h3-5,8,11H,2,6-7H2,1H3,(H,17,18). The Hall–Kier alpha value is -1.59. The van der Waals surface area contributed by atoms with E-state index in [0.717, 1.165) is 34.2 Å². The number of hydrogen-bond donors (Lipinski definition) is 1. The van der Waals surface area contributed by atoms with Crippen LogP contribution >= 0.6 is 22.9 Å². The second kappa shape index (κ2) is 6.03. The molecule has 4 nitrogen and oxygen atoms in total. The minimum Gasteiger partial charge on any atom is -0.465 e. The molecule has 1 aliphatic rings. The molecule has 2 aromatic rings. The molecule has 1 N–H and O–H groups in total. The number of nitrogens with one attached hydrogen (secondary N) is 1. The van der Waals surface area contributed by atoms with Crippen molar-refractivity contribution in [3.05, 3.63) is 39.9 Å². The normalized spacial score (nSPS) is 16.6. The van der Waals surface area contributed by atoms with Crippen LogP contribution in [0, 0.1) is 0 Å². The fraction of sp³-hybridized carbons (Fsp3) is 0.333. The molecule has 0 saturated heterocycles. The van der Waals surface area contributed by atoms with Gasteiger partial charge >= 0.3 is 5.97 Å². The number of esters is 1. The van der Waals surface area contributed by atoms with Crippen LogP contribution < -0.4 is 5.32 Å². The first kappa shape index (κ1) is 14.4. The zero-order valence-corrected chi connectivity index (χ0v) is 13.1. The molecule has 1 aromatic heterocycles. The maximum atomic E-state index is 11.9. The summed E-state index contributed by atoms with van der Waals surface area (Å²) in [4.78, 5) is 17.7.